The van der Waals surface area contributed by atoms with Crippen molar-refractivity contribution in [3.63, 3.8) is 0 Å². The Balaban J connectivity index is 2.02. The van der Waals surface area contributed by atoms with E-state index in [0.29, 0.717) is 11.1 Å². The summed E-state index contributed by atoms with van der Waals surface area (Å²) < 4.78 is 0. The van der Waals surface area contributed by atoms with Gasteiger partial charge in [-0.3, -0.25) is 0 Å². The second kappa shape index (κ2) is 4.96. The third-order valence-electron chi connectivity index (χ3n) is 3.50. The van der Waals surface area contributed by atoms with Crippen LogP contribution in [0.5, 0.6) is 0 Å². The maximum Gasteiger partial charge on any atom is 0.0577 e. The van der Waals surface area contributed by atoms with Crippen molar-refractivity contribution in [3.8, 4) is 0 Å². The van der Waals surface area contributed by atoms with Crippen LogP contribution in [-0.4, -0.2) is 6.04 Å². The Morgan fingerprint density at radius 1 is 1.38 bits per heavy atom. The zero-order valence-corrected chi connectivity index (χ0v) is 10.4. The van der Waals surface area contributed by atoms with Gasteiger partial charge in [-0.1, -0.05) is 24.4 Å². The van der Waals surface area contributed by atoms with E-state index in [9.17, 15) is 0 Å². The molecule has 16 heavy (non-hydrogen) atoms. The Kier molecular flexibility index (Phi) is 3.59. The molecular formula is C13H19ClN2. The van der Waals surface area contributed by atoms with E-state index < -0.39 is 0 Å². The SMILES string of the molecule is CC(Nc1ccc(Cl)cc1N)C1CCCC1. The van der Waals surface area contributed by atoms with Gasteiger partial charge in [-0.2, -0.15) is 0 Å². The lowest BCUT2D eigenvalue weighted by molar-refractivity contribution is 0.482. The number of nitrogens with two attached hydrogens (primary N) is 1. The van der Waals surface area contributed by atoms with E-state index >= 15 is 0 Å². The summed E-state index contributed by atoms with van der Waals surface area (Å²) in [5, 5.41) is 4.19. The number of nitrogen functional groups attached to an aromatic ring is 1. The van der Waals surface area contributed by atoms with Crippen LogP contribution in [0.1, 0.15) is 32.6 Å². The van der Waals surface area contributed by atoms with Crippen LogP contribution >= 0.6 is 11.6 Å². The predicted octanol–water partition coefficient (Wildman–Crippen LogP) is 3.91. The average molecular weight is 239 g/mol. The number of anilines is 2. The summed E-state index contributed by atoms with van der Waals surface area (Å²) in [4.78, 5) is 0. The Hall–Kier alpha value is -0.890. The highest BCUT2D eigenvalue weighted by Crippen LogP contribution is 2.31. The fourth-order valence-electron chi connectivity index (χ4n) is 2.49. The van der Waals surface area contributed by atoms with Crippen LogP contribution in [-0.2, 0) is 0 Å². The van der Waals surface area contributed by atoms with Crippen molar-refractivity contribution >= 4 is 23.0 Å². The summed E-state index contributed by atoms with van der Waals surface area (Å²) in [5.74, 6) is 0.787. The van der Waals surface area contributed by atoms with Gasteiger partial charge in [0.2, 0.25) is 0 Å². The molecule has 0 spiro atoms. The van der Waals surface area contributed by atoms with Crippen molar-refractivity contribution in [3.05, 3.63) is 23.2 Å². The molecule has 0 saturated heterocycles. The zero-order chi connectivity index (χ0) is 11.5. The number of hydrogen-bond acceptors (Lipinski definition) is 2. The van der Waals surface area contributed by atoms with Crippen LogP contribution in [0.15, 0.2) is 18.2 Å². The van der Waals surface area contributed by atoms with E-state index in [4.69, 9.17) is 17.3 Å². The van der Waals surface area contributed by atoms with Crippen LogP contribution in [0, 0.1) is 5.92 Å². The summed E-state index contributed by atoms with van der Waals surface area (Å²) >= 11 is 5.87. The quantitative estimate of drug-likeness (QED) is 0.784. The van der Waals surface area contributed by atoms with E-state index in [-0.39, 0.29) is 0 Å². The minimum atomic E-state index is 0.492. The van der Waals surface area contributed by atoms with E-state index in [1.54, 1.807) is 6.07 Å². The highest BCUT2D eigenvalue weighted by atomic mass is 35.5. The van der Waals surface area contributed by atoms with Gasteiger partial charge in [0.25, 0.3) is 0 Å². The van der Waals surface area contributed by atoms with Gasteiger partial charge in [0.05, 0.1) is 11.4 Å². The summed E-state index contributed by atoms with van der Waals surface area (Å²) in [6.45, 7) is 2.24. The highest BCUT2D eigenvalue weighted by molar-refractivity contribution is 6.31. The Labute approximate surface area is 102 Å². The van der Waals surface area contributed by atoms with Crippen LogP contribution in [0.3, 0.4) is 0 Å². The maximum atomic E-state index is 5.92. The molecule has 1 aliphatic rings. The Bertz CT molecular complexity index is 359. The van der Waals surface area contributed by atoms with Crippen molar-refractivity contribution in [2.75, 3.05) is 11.1 Å². The molecule has 0 bridgehead atoms. The van der Waals surface area contributed by atoms with Gasteiger partial charge in [-0.15, -0.1) is 0 Å². The van der Waals surface area contributed by atoms with Crippen LogP contribution in [0.25, 0.3) is 0 Å². The molecule has 88 valence electrons. The van der Waals surface area contributed by atoms with Gasteiger partial charge in [-0.25, -0.2) is 0 Å². The topological polar surface area (TPSA) is 38.0 Å². The van der Waals surface area contributed by atoms with Gasteiger partial charge < -0.3 is 11.1 Å². The first-order valence-corrected chi connectivity index (χ1v) is 6.36. The van der Waals surface area contributed by atoms with Gasteiger partial charge in [0.15, 0.2) is 0 Å². The first-order valence-electron chi connectivity index (χ1n) is 5.98. The number of rotatable bonds is 3. The lowest BCUT2D eigenvalue weighted by Crippen LogP contribution is -2.24. The average Bonchev–Trinajstić information content (AvgIpc) is 2.75. The van der Waals surface area contributed by atoms with Crippen LogP contribution < -0.4 is 11.1 Å². The van der Waals surface area contributed by atoms with Crippen molar-refractivity contribution in [1.29, 1.82) is 0 Å². The normalized spacial score (nSPS) is 18.6. The molecule has 1 fully saturated rings. The van der Waals surface area contributed by atoms with Gasteiger partial charge >= 0.3 is 0 Å². The fourth-order valence-corrected chi connectivity index (χ4v) is 2.67. The number of nitrogens with one attached hydrogen (secondary N) is 1. The molecule has 1 aliphatic carbocycles. The first-order chi connectivity index (χ1) is 7.66. The molecule has 3 N–H and O–H groups in total. The smallest absolute Gasteiger partial charge is 0.0577 e. The molecule has 0 radical (unpaired) electrons. The van der Waals surface area contributed by atoms with E-state index in [0.717, 1.165) is 17.3 Å². The molecule has 0 aromatic heterocycles. The predicted molar refractivity (Wildman–Crippen MR) is 70.9 cm³/mol. The Morgan fingerprint density at radius 3 is 2.69 bits per heavy atom. The largest absolute Gasteiger partial charge is 0.397 e. The Morgan fingerprint density at radius 2 is 2.06 bits per heavy atom. The lowest BCUT2D eigenvalue weighted by Gasteiger charge is -2.22. The summed E-state index contributed by atoms with van der Waals surface area (Å²) in [6.07, 6.45) is 5.41. The highest BCUT2D eigenvalue weighted by Gasteiger charge is 2.21. The van der Waals surface area contributed by atoms with Gasteiger partial charge in [0, 0.05) is 11.1 Å². The van der Waals surface area contributed by atoms with Crippen LogP contribution in [0.4, 0.5) is 11.4 Å². The number of benzene rings is 1. The molecule has 1 saturated carbocycles. The van der Waals surface area contributed by atoms with Crippen molar-refractivity contribution < 1.29 is 0 Å². The monoisotopic (exact) mass is 238 g/mol. The maximum absolute atomic E-state index is 5.92. The van der Waals surface area contributed by atoms with Gasteiger partial charge in [-0.05, 0) is 43.9 Å². The molecule has 0 aliphatic heterocycles. The lowest BCUT2D eigenvalue weighted by atomic mass is 9.99. The molecule has 1 aromatic carbocycles. The molecule has 0 amide bonds. The molecule has 0 heterocycles. The summed E-state index contributed by atoms with van der Waals surface area (Å²) in [6, 6.07) is 6.13. The van der Waals surface area contributed by atoms with Crippen molar-refractivity contribution in [2.45, 2.75) is 38.6 Å². The summed E-state index contributed by atoms with van der Waals surface area (Å²) in [7, 11) is 0. The minimum Gasteiger partial charge on any atom is -0.397 e. The molecule has 1 aromatic rings. The molecule has 2 nitrogen and oxygen atoms in total. The summed E-state index contributed by atoms with van der Waals surface area (Å²) in [5.41, 5.74) is 7.66. The molecule has 3 heteroatoms. The zero-order valence-electron chi connectivity index (χ0n) is 9.67. The van der Waals surface area contributed by atoms with E-state index in [1.807, 2.05) is 12.1 Å². The molecule has 1 unspecified atom stereocenters. The minimum absolute atomic E-state index is 0.492. The number of halogens is 1. The molecule has 1 atom stereocenters. The third kappa shape index (κ3) is 2.62. The van der Waals surface area contributed by atoms with E-state index in [1.165, 1.54) is 25.7 Å². The fraction of sp³-hybridized carbons (Fsp3) is 0.538. The van der Waals surface area contributed by atoms with Crippen LogP contribution in [0.2, 0.25) is 5.02 Å². The third-order valence-corrected chi connectivity index (χ3v) is 3.74. The standard InChI is InChI=1S/C13H19ClN2/c1-9(10-4-2-3-5-10)16-13-7-6-11(14)8-12(13)15/h6-10,16H,2-5,15H2,1H3. The van der Waals surface area contributed by atoms with Gasteiger partial charge in [0.1, 0.15) is 0 Å². The van der Waals surface area contributed by atoms with Crippen molar-refractivity contribution in [1.82, 2.24) is 0 Å². The second-order valence-electron chi connectivity index (χ2n) is 4.71. The number of hydrogen-bond donors (Lipinski definition) is 2. The second-order valence-corrected chi connectivity index (χ2v) is 5.15. The van der Waals surface area contributed by atoms with Crippen molar-refractivity contribution in [2.24, 2.45) is 5.92 Å². The molecular weight excluding hydrogens is 220 g/mol. The van der Waals surface area contributed by atoms with E-state index in [2.05, 4.69) is 12.2 Å². The first kappa shape index (κ1) is 11.6. The molecule has 2 rings (SSSR count).